The quantitative estimate of drug-likeness (QED) is 0.675. The normalized spacial score (nSPS) is 11.2. The fraction of sp³-hybridized carbons (Fsp3) is 0.357. The minimum atomic E-state index is -0.943. The van der Waals surface area contributed by atoms with Gasteiger partial charge in [0.15, 0.2) is 5.16 Å². The van der Waals surface area contributed by atoms with Gasteiger partial charge in [0.25, 0.3) is 5.56 Å². The highest BCUT2D eigenvalue weighted by atomic mass is 35.5. The van der Waals surface area contributed by atoms with Gasteiger partial charge in [-0.25, -0.2) is 4.98 Å². The molecule has 0 aliphatic carbocycles. The van der Waals surface area contributed by atoms with Crippen LogP contribution in [-0.2, 0) is 11.3 Å². The maximum absolute atomic E-state index is 12.6. The third-order valence-corrected chi connectivity index (χ3v) is 3.95. The second-order valence-electron chi connectivity index (χ2n) is 5.05. The summed E-state index contributed by atoms with van der Waals surface area (Å²) in [4.78, 5) is 27.7. The van der Waals surface area contributed by atoms with Crippen LogP contribution in [0.5, 0.6) is 0 Å². The summed E-state index contributed by atoms with van der Waals surface area (Å²) in [6.45, 7) is 4.46. The zero-order valence-corrected chi connectivity index (χ0v) is 13.2. The van der Waals surface area contributed by atoms with Gasteiger partial charge in [0.1, 0.15) is 0 Å². The summed E-state index contributed by atoms with van der Waals surface area (Å²) in [6.07, 6.45) is 0. The van der Waals surface area contributed by atoms with Crippen molar-refractivity contribution >= 4 is 40.2 Å². The van der Waals surface area contributed by atoms with Crippen molar-refractivity contribution < 1.29 is 9.90 Å². The van der Waals surface area contributed by atoms with E-state index in [9.17, 15) is 9.59 Å². The number of benzene rings is 1. The number of carboxylic acid groups (broad SMARTS) is 1. The molecular formula is C14H15ClN2O3S. The summed E-state index contributed by atoms with van der Waals surface area (Å²) in [5.74, 6) is -0.837. The van der Waals surface area contributed by atoms with E-state index in [1.165, 1.54) is 4.57 Å². The number of hydrogen-bond donors (Lipinski definition) is 1. The average molecular weight is 327 g/mol. The van der Waals surface area contributed by atoms with Crippen molar-refractivity contribution in [3.63, 3.8) is 0 Å². The van der Waals surface area contributed by atoms with E-state index >= 15 is 0 Å². The van der Waals surface area contributed by atoms with Gasteiger partial charge in [-0.15, -0.1) is 0 Å². The number of aromatic nitrogens is 2. The van der Waals surface area contributed by atoms with Crippen LogP contribution in [-0.4, -0.2) is 26.4 Å². The Labute approximate surface area is 130 Å². The lowest BCUT2D eigenvalue weighted by Crippen LogP contribution is -2.25. The highest BCUT2D eigenvalue weighted by Gasteiger charge is 2.14. The predicted octanol–water partition coefficient (Wildman–Crippen LogP) is 2.88. The molecule has 21 heavy (non-hydrogen) atoms. The first-order valence-corrected chi connectivity index (χ1v) is 7.79. The van der Waals surface area contributed by atoms with E-state index in [-0.39, 0.29) is 17.2 Å². The van der Waals surface area contributed by atoms with Crippen LogP contribution in [0.4, 0.5) is 0 Å². The molecule has 0 radical (unpaired) electrons. The number of carboxylic acids is 1. The van der Waals surface area contributed by atoms with Crippen LogP contribution in [0.25, 0.3) is 10.9 Å². The Bertz CT molecular complexity index is 743. The van der Waals surface area contributed by atoms with Gasteiger partial charge in [0, 0.05) is 11.6 Å². The van der Waals surface area contributed by atoms with Crippen molar-refractivity contribution in [3.05, 3.63) is 33.6 Å². The Morgan fingerprint density at radius 2 is 2.19 bits per heavy atom. The molecular weight excluding hydrogens is 312 g/mol. The van der Waals surface area contributed by atoms with Gasteiger partial charge in [0.2, 0.25) is 0 Å². The average Bonchev–Trinajstić information content (AvgIpc) is 2.40. The lowest BCUT2D eigenvalue weighted by atomic mass is 10.2. The summed E-state index contributed by atoms with van der Waals surface area (Å²) < 4.78 is 1.52. The third-order valence-electron chi connectivity index (χ3n) is 2.75. The van der Waals surface area contributed by atoms with Crippen molar-refractivity contribution in [1.29, 1.82) is 0 Å². The molecule has 0 aliphatic heterocycles. The molecule has 1 heterocycles. The molecule has 5 nitrogen and oxygen atoms in total. The molecule has 2 aromatic rings. The SMILES string of the molecule is CC(C)Cn1c(SCC(=O)O)nc2ccc(Cl)cc2c1=O. The number of carbonyl (C=O) groups is 1. The summed E-state index contributed by atoms with van der Waals surface area (Å²) in [5.41, 5.74) is 0.335. The van der Waals surface area contributed by atoms with Gasteiger partial charge in [-0.3, -0.25) is 14.2 Å². The molecule has 0 bridgehead atoms. The van der Waals surface area contributed by atoms with Crippen molar-refractivity contribution in [2.24, 2.45) is 5.92 Å². The van der Waals surface area contributed by atoms with Crippen LogP contribution in [0.15, 0.2) is 28.2 Å². The summed E-state index contributed by atoms with van der Waals surface area (Å²) in [5, 5.41) is 10.2. The number of halogens is 1. The van der Waals surface area contributed by atoms with Gasteiger partial charge in [-0.05, 0) is 24.1 Å². The zero-order chi connectivity index (χ0) is 15.6. The fourth-order valence-electron chi connectivity index (χ4n) is 1.94. The monoisotopic (exact) mass is 326 g/mol. The Balaban J connectivity index is 2.61. The van der Waals surface area contributed by atoms with Gasteiger partial charge in [-0.1, -0.05) is 37.2 Å². The summed E-state index contributed by atoms with van der Waals surface area (Å²) >= 11 is 6.98. The van der Waals surface area contributed by atoms with Crippen LogP contribution in [0.1, 0.15) is 13.8 Å². The number of hydrogen-bond acceptors (Lipinski definition) is 4. The van der Waals surface area contributed by atoms with Gasteiger partial charge in [0.05, 0.1) is 16.7 Å². The number of rotatable bonds is 5. The fourth-order valence-corrected chi connectivity index (χ4v) is 2.84. The topological polar surface area (TPSA) is 72.2 Å². The Morgan fingerprint density at radius 1 is 1.48 bits per heavy atom. The molecule has 1 aromatic heterocycles. The van der Waals surface area contributed by atoms with E-state index in [0.29, 0.717) is 27.6 Å². The maximum atomic E-state index is 12.6. The number of fused-ring (bicyclic) bond motifs is 1. The Hall–Kier alpha value is -1.53. The van der Waals surface area contributed by atoms with Crippen LogP contribution in [0.2, 0.25) is 5.02 Å². The van der Waals surface area contributed by atoms with E-state index in [4.69, 9.17) is 16.7 Å². The number of aliphatic carboxylic acids is 1. The molecule has 0 atom stereocenters. The molecule has 1 N–H and O–H groups in total. The van der Waals surface area contributed by atoms with E-state index in [1.54, 1.807) is 18.2 Å². The zero-order valence-electron chi connectivity index (χ0n) is 11.7. The van der Waals surface area contributed by atoms with Crippen LogP contribution in [0.3, 0.4) is 0 Å². The lowest BCUT2D eigenvalue weighted by molar-refractivity contribution is -0.133. The Kier molecular flexibility index (Phi) is 4.90. The standard InChI is InChI=1S/C14H15ClN2O3S/c1-8(2)6-17-13(20)10-5-9(15)3-4-11(10)16-14(17)21-7-12(18)19/h3-5,8H,6-7H2,1-2H3,(H,18,19). The second kappa shape index (κ2) is 6.49. The molecule has 0 saturated heterocycles. The molecule has 0 unspecified atom stereocenters. The van der Waals surface area contributed by atoms with Gasteiger partial charge in [-0.2, -0.15) is 0 Å². The second-order valence-corrected chi connectivity index (χ2v) is 6.43. The molecule has 112 valence electrons. The highest BCUT2D eigenvalue weighted by molar-refractivity contribution is 7.99. The smallest absolute Gasteiger partial charge is 0.313 e. The van der Waals surface area contributed by atoms with Crippen molar-refractivity contribution in [1.82, 2.24) is 9.55 Å². The molecule has 0 fully saturated rings. The first-order valence-electron chi connectivity index (χ1n) is 6.43. The van der Waals surface area contributed by atoms with Crippen molar-refractivity contribution in [2.75, 3.05) is 5.75 Å². The molecule has 2 rings (SSSR count). The molecule has 7 heteroatoms. The Morgan fingerprint density at radius 3 is 2.81 bits per heavy atom. The van der Waals surface area contributed by atoms with Gasteiger partial charge >= 0.3 is 5.97 Å². The lowest BCUT2D eigenvalue weighted by Gasteiger charge is -2.14. The molecule has 0 amide bonds. The molecule has 0 saturated carbocycles. The third kappa shape index (κ3) is 3.77. The van der Waals surface area contributed by atoms with E-state index in [1.807, 2.05) is 13.8 Å². The van der Waals surface area contributed by atoms with E-state index in [0.717, 1.165) is 11.8 Å². The van der Waals surface area contributed by atoms with Crippen molar-refractivity contribution in [2.45, 2.75) is 25.5 Å². The van der Waals surface area contributed by atoms with Crippen LogP contribution >= 0.6 is 23.4 Å². The first kappa shape index (κ1) is 15.9. The number of nitrogens with zero attached hydrogens (tertiary/aromatic N) is 2. The summed E-state index contributed by atoms with van der Waals surface area (Å²) in [6, 6.07) is 4.92. The van der Waals surface area contributed by atoms with Crippen LogP contribution < -0.4 is 5.56 Å². The minimum absolute atomic E-state index is 0.135. The minimum Gasteiger partial charge on any atom is -0.481 e. The summed E-state index contributed by atoms with van der Waals surface area (Å²) in [7, 11) is 0. The largest absolute Gasteiger partial charge is 0.481 e. The maximum Gasteiger partial charge on any atom is 0.313 e. The van der Waals surface area contributed by atoms with Crippen LogP contribution in [0, 0.1) is 5.92 Å². The van der Waals surface area contributed by atoms with E-state index < -0.39 is 5.97 Å². The molecule has 0 spiro atoms. The molecule has 1 aromatic carbocycles. The van der Waals surface area contributed by atoms with Gasteiger partial charge < -0.3 is 5.11 Å². The predicted molar refractivity (Wildman–Crippen MR) is 84.2 cm³/mol. The van der Waals surface area contributed by atoms with Crippen molar-refractivity contribution in [3.8, 4) is 0 Å². The molecule has 0 aliphatic rings. The van der Waals surface area contributed by atoms with E-state index in [2.05, 4.69) is 4.98 Å². The number of thioether (sulfide) groups is 1. The highest BCUT2D eigenvalue weighted by Crippen LogP contribution is 2.21. The first-order chi connectivity index (χ1) is 9.88.